The quantitative estimate of drug-likeness (QED) is 0.535. The molecule has 3 aromatic heterocycles. The summed E-state index contributed by atoms with van der Waals surface area (Å²) in [5, 5.41) is 4.09. The third-order valence-corrected chi connectivity index (χ3v) is 4.20. The molecule has 0 spiro atoms. The van der Waals surface area contributed by atoms with Crippen molar-refractivity contribution in [1.82, 2.24) is 24.7 Å². The average Bonchev–Trinajstić information content (AvgIpc) is 3.32. The van der Waals surface area contributed by atoms with Crippen LogP contribution in [0.4, 0.5) is 0 Å². The Morgan fingerprint density at radius 2 is 1.88 bits per heavy atom. The summed E-state index contributed by atoms with van der Waals surface area (Å²) in [5.41, 5.74) is 3.18. The highest BCUT2D eigenvalue weighted by Gasteiger charge is 2.12. The molecular formula is C20H19N5O. The van der Waals surface area contributed by atoms with Crippen LogP contribution in [0.15, 0.2) is 65.6 Å². The van der Waals surface area contributed by atoms with E-state index in [2.05, 4.69) is 33.1 Å². The van der Waals surface area contributed by atoms with E-state index >= 15 is 0 Å². The molecule has 0 N–H and O–H groups in total. The van der Waals surface area contributed by atoms with Gasteiger partial charge in [-0.3, -0.25) is 4.98 Å². The van der Waals surface area contributed by atoms with Crippen molar-refractivity contribution in [2.75, 3.05) is 0 Å². The summed E-state index contributed by atoms with van der Waals surface area (Å²) in [5.74, 6) is 2.03. The van der Waals surface area contributed by atoms with Crippen LogP contribution in [-0.2, 0) is 19.4 Å². The molecule has 0 saturated heterocycles. The van der Waals surface area contributed by atoms with E-state index < -0.39 is 0 Å². The summed E-state index contributed by atoms with van der Waals surface area (Å²) in [6, 6.07) is 14.2. The lowest BCUT2D eigenvalue weighted by Crippen LogP contribution is -2.04. The summed E-state index contributed by atoms with van der Waals surface area (Å²) in [6.45, 7) is 2.60. The molecule has 4 rings (SSSR count). The zero-order valence-electron chi connectivity index (χ0n) is 14.5. The van der Waals surface area contributed by atoms with Crippen molar-refractivity contribution in [1.29, 1.82) is 0 Å². The summed E-state index contributed by atoms with van der Waals surface area (Å²) >= 11 is 0. The van der Waals surface area contributed by atoms with Crippen LogP contribution >= 0.6 is 0 Å². The summed E-state index contributed by atoms with van der Waals surface area (Å²) in [7, 11) is 0. The van der Waals surface area contributed by atoms with Crippen molar-refractivity contribution in [3.8, 4) is 11.5 Å². The molecule has 6 heteroatoms. The van der Waals surface area contributed by atoms with Crippen molar-refractivity contribution >= 4 is 0 Å². The van der Waals surface area contributed by atoms with Crippen LogP contribution in [0.25, 0.3) is 11.5 Å². The van der Waals surface area contributed by atoms with Gasteiger partial charge in [0.25, 0.3) is 0 Å². The van der Waals surface area contributed by atoms with Gasteiger partial charge in [0.15, 0.2) is 11.6 Å². The lowest BCUT2D eigenvalue weighted by molar-refractivity contribution is 0.378. The molecule has 6 nitrogen and oxygen atoms in total. The molecule has 0 aliphatic heterocycles. The van der Waals surface area contributed by atoms with E-state index in [4.69, 9.17) is 4.52 Å². The SMILES string of the molecule is CCc1ccc(-c2nccn2Cc2noc(Cc3ccccc3)n2)nc1. The summed E-state index contributed by atoms with van der Waals surface area (Å²) in [4.78, 5) is 13.4. The first-order valence-corrected chi connectivity index (χ1v) is 8.63. The van der Waals surface area contributed by atoms with Crippen LogP contribution in [-0.4, -0.2) is 24.7 Å². The number of hydrogen-bond donors (Lipinski definition) is 0. The predicted molar refractivity (Wildman–Crippen MR) is 97.5 cm³/mol. The van der Waals surface area contributed by atoms with E-state index in [1.807, 2.05) is 53.4 Å². The van der Waals surface area contributed by atoms with Crippen molar-refractivity contribution in [3.05, 3.63) is 83.9 Å². The van der Waals surface area contributed by atoms with Crippen LogP contribution in [0.2, 0.25) is 0 Å². The molecule has 0 atom stereocenters. The topological polar surface area (TPSA) is 69.6 Å². The lowest BCUT2D eigenvalue weighted by Gasteiger charge is -2.05. The van der Waals surface area contributed by atoms with E-state index in [-0.39, 0.29) is 0 Å². The van der Waals surface area contributed by atoms with Crippen LogP contribution in [0, 0.1) is 0 Å². The van der Waals surface area contributed by atoms with Crippen molar-refractivity contribution in [3.63, 3.8) is 0 Å². The molecule has 0 amide bonds. The van der Waals surface area contributed by atoms with Gasteiger partial charge in [-0.05, 0) is 23.6 Å². The molecule has 0 fully saturated rings. The number of pyridine rings is 1. The summed E-state index contributed by atoms with van der Waals surface area (Å²) in [6.07, 6.45) is 7.15. The Morgan fingerprint density at radius 1 is 1.00 bits per heavy atom. The normalized spacial score (nSPS) is 11.0. The number of aryl methyl sites for hydroxylation is 1. The molecule has 3 heterocycles. The van der Waals surface area contributed by atoms with Gasteiger partial charge in [0.1, 0.15) is 5.69 Å². The Balaban J connectivity index is 1.51. The van der Waals surface area contributed by atoms with Gasteiger partial charge < -0.3 is 9.09 Å². The molecule has 0 unspecified atom stereocenters. The smallest absolute Gasteiger partial charge is 0.231 e. The second-order valence-electron chi connectivity index (χ2n) is 6.05. The fourth-order valence-electron chi connectivity index (χ4n) is 2.78. The molecule has 0 aliphatic carbocycles. The monoisotopic (exact) mass is 345 g/mol. The number of aromatic nitrogens is 5. The highest BCUT2D eigenvalue weighted by Crippen LogP contribution is 2.17. The number of nitrogens with zero attached hydrogens (tertiary/aromatic N) is 5. The van der Waals surface area contributed by atoms with E-state index in [1.165, 1.54) is 5.56 Å². The Kier molecular flexibility index (Phi) is 4.55. The Bertz CT molecular complexity index is 973. The molecule has 0 saturated carbocycles. The molecule has 0 bridgehead atoms. The zero-order valence-corrected chi connectivity index (χ0v) is 14.5. The average molecular weight is 345 g/mol. The first-order chi connectivity index (χ1) is 12.8. The second kappa shape index (κ2) is 7.31. The maximum absolute atomic E-state index is 5.38. The summed E-state index contributed by atoms with van der Waals surface area (Å²) < 4.78 is 7.36. The van der Waals surface area contributed by atoms with Gasteiger partial charge in [-0.1, -0.05) is 48.5 Å². The van der Waals surface area contributed by atoms with Crippen LogP contribution in [0.3, 0.4) is 0 Å². The maximum Gasteiger partial charge on any atom is 0.231 e. The molecular weight excluding hydrogens is 326 g/mol. The van der Waals surface area contributed by atoms with Gasteiger partial charge >= 0.3 is 0 Å². The molecule has 1 aromatic carbocycles. The molecule has 4 aromatic rings. The van der Waals surface area contributed by atoms with Gasteiger partial charge in [-0.15, -0.1) is 0 Å². The van der Waals surface area contributed by atoms with Gasteiger partial charge in [0, 0.05) is 18.6 Å². The number of rotatable bonds is 6. The van der Waals surface area contributed by atoms with Crippen LogP contribution in [0.1, 0.15) is 29.8 Å². The van der Waals surface area contributed by atoms with Gasteiger partial charge in [-0.25, -0.2) is 4.98 Å². The standard InChI is InChI=1S/C20H19N5O/c1-2-15-8-9-17(22-13-15)20-21-10-11-25(20)14-18-23-19(26-24-18)12-16-6-4-3-5-7-16/h3-11,13H,2,12,14H2,1H3. The minimum absolute atomic E-state index is 0.491. The highest BCUT2D eigenvalue weighted by molar-refractivity contribution is 5.50. The van der Waals surface area contributed by atoms with Gasteiger partial charge in [0.2, 0.25) is 5.89 Å². The number of hydrogen-bond acceptors (Lipinski definition) is 5. The number of benzene rings is 1. The van der Waals surface area contributed by atoms with Crippen molar-refractivity contribution in [2.45, 2.75) is 26.3 Å². The molecule has 0 aliphatic rings. The maximum atomic E-state index is 5.38. The van der Waals surface area contributed by atoms with E-state index in [0.717, 1.165) is 23.5 Å². The first kappa shape index (κ1) is 16.2. The minimum atomic E-state index is 0.491. The third kappa shape index (κ3) is 3.54. The highest BCUT2D eigenvalue weighted by atomic mass is 16.5. The van der Waals surface area contributed by atoms with E-state index in [9.17, 15) is 0 Å². The fraction of sp³-hybridized carbons (Fsp3) is 0.200. The third-order valence-electron chi connectivity index (χ3n) is 4.20. The Morgan fingerprint density at radius 3 is 2.65 bits per heavy atom. The largest absolute Gasteiger partial charge is 0.339 e. The van der Waals surface area contributed by atoms with Gasteiger partial charge in [0.05, 0.1) is 13.0 Å². The Hall–Kier alpha value is -3.28. The molecule has 0 radical (unpaired) electrons. The van der Waals surface area contributed by atoms with E-state index in [0.29, 0.717) is 24.7 Å². The van der Waals surface area contributed by atoms with Crippen LogP contribution in [0.5, 0.6) is 0 Å². The Labute approximate surface area is 151 Å². The predicted octanol–water partition coefficient (Wildman–Crippen LogP) is 3.53. The van der Waals surface area contributed by atoms with Crippen LogP contribution < -0.4 is 0 Å². The van der Waals surface area contributed by atoms with Crippen molar-refractivity contribution < 1.29 is 4.52 Å². The second-order valence-corrected chi connectivity index (χ2v) is 6.05. The fourth-order valence-corrected chi connectivity index (χ4v) is 2.78. The minimum Gasteiger partial charge on any atom is -0.339 e. The molecule has 26 heavy (non-hydrogen) atoms. The molecule has 130 valence electrons. The van der Waals surface area contributed by atoms with Gasteiger partial charge in [-0.2, -0.15) is 4.98 Å². The zero-order chi connectivity index (χ0) is 17.8. The number of imidazole rings is 1. The first-order valence-electron chi connectivity index (χ1n) is 8.63. The lowest BCUT2D eigenvalue weighted by atomic mass is 10.1. The van der Waals surface area contributed by atoms with E-state index in [1.54, 1.807) is 6.20 Å². The van der Waals surface area contributed by atoms with Crippen molar-refractivity contribution in [2.24, 2.45) is 0 Å².